The minimum absolute atomic E-state index is 0.114. The number of allylic oxidation sites excluding steroid dienone is 2. The van der Waals surface area contributed by atoms with Gasteiger partial charge in [-0.05, 0) is 68.4 Å². The van der Waals surface area contributed by atoms with E-state index in [2.05, 4.69) is 46.8 Å². The minimum Gasteiger partial charge on any atom is -0.388 e. The summed E-state index contributed by atoms with van der Waals surface area (Å²) in [7, 11) is 0. The standard InChI is InChI=1S/C24H26N2O/c1-17(27)19-11-12-24-21(15-19)22(16-26-24)20-9-5-6-10-23(20)25-14-13-18-7-3-2-4-8-18/h2-4,7-8,11-12,15-16,25-26H,5-6,9-10,13-14H2,1H3. The first kappa shape index (κ1) is 17.6. The van der Waals surface area contributed by atoms with E-state index in [-0.39, 0.29) is 5.78 Å². The van der Waals surface area contributed by atoms with Gasteiger partial charge in [0.05, 0.1) is 0 Å². The van der Waals surface area contributed by atoms with Crippen LogP contribution in [-0.2, 0) is 6.42 Å². The fraction of sp³-hybridized carbons (Fsp3) is 0.292. The molecule has 0 spiro atoms. The van der Waals surface area contributed by atoms with Gasteiger partial charge in [-0.3, -0.25) is 4.79 Å². The summed E-state index contributed by atoms with van der Waals surface area (Å²) < 4.78 is 0. The number of carbonyl (C=O) groups is 1. The van der Waals surface area contributed by atoms with Crippen molar-refractivity contribution < 1.29 is 4.79 Å². The predicted octanol–water partition coefficient (Wildman–Crippen LogP) is 5.49. The molecule has 0 amide bonds. The fourth-order valence-corrected chi connectivity index (χ4v) is 3.99. The Morgan fingerprint density at radius 2 is 1.89 bits per heavy atom. The number of fused-ring (bicyclic) bond motifs is 1. The predicted molar refractivity (Wildman–Crippen MR) is 112 cm³/mol. The van der Waals surface area contributed by atoms with Crippen molar-refractivity contribution in [2.45, 2.75) is 39.0 Å². The van der Waals surface area contributed by atoms with E-state index in [1.165, 1.54) is 35.2 Å². The minimum atomic E-state index is 0.114. The molecule has 2 aromatic carbocycles. The monoisotopic (exact) mass is 358 g/mol. The second-order valence-electron chi connectivity index (χ2n) is 7.35. The second-order valence-corrected chi connectivity index (χ2v) is 7.35. The molecule has 0 aliphatic heterocycles. The first-order valence-corrected chi connectivity index (χ1v) is 9.84. The Labute approximate surface area is 160 Å². The van der Waals surface area contributed by atoms with Crippen LogP contribution in [0.5, 0.6) is 0 Å². The van der Waals surface area contributed by atoms with Crippen molar-refractivity contribution >= 4 is 22.3 Å². The quantitative estimate of drug-likeness (QED) is 0.573. The van der Waals surface area contributed by atoms with Crippen molar-refractivity contribution in [3.63, 3.8) is 0 Å². The van der Waals surface area contributed by atoms with Crippen molar-refractivity contribution in [2.75, 3.05) is 6.54 Å². The Morgan fingerprint density at radius 1 is 1.07 bits per heavy atom. The van der Waals surface area contributed by atoms with Crippen molar-refractivity contribution in [1.82, 2.24) is 10.3 Å². The fourth-order valence-electron chi connectivity index (χ4n) is 3.99. The van der Waals surface area contributed by atoms with Gasteiger partial charge in [-0.15, -0.1) is 0 Å². The van der Waals surface area contributed by atoms with Gasteiger partial charge in [0.15, 0.2) is 5.78 Å². The number of aromatic amines is 1. The molecular formula is C24H26N2O. The van der Waals surface area contributed by atoms with Gasteiger partial charge in [0, 0.05) is 40.5 Å². The van der Waals surface area contributed by atoms with Crippen LogP contribution >= 0.6 is 0 Å². The van der Waals surface area contributed by atoms with Crippen LogP contribution in [0.4, 0.5) is 0 Å². The Bertz CT molecular complexity index is 982. The lowest BCUT2D eigenvalue weighted by Gasteiger charge is -2.22. The summed E-state index contributed by atoms with van der Waals surface area (Å²) in [6.07, 6.45) is 7.78. The highest BCUT2D eigenvalue weighted by Gasteiger charge is 2.18. The van der Waals surface area contributed by atoms with Crippen LogP contribution in [0.25, 0.3) is 16.5 Å². The highest BCUT2D eigenvalue weighted by molar-refractivity contribution is 6.01. The van der Waals surface area contributed by atoms with Crippen LogP contribution in [0.1, 0.15) is 54.1 Å². The van der Waals surface area contributed by atoms with Crippen LogP contribution in [0.3, 0.4) is 0 Å². The molecular weight excluding hydrogens is 332 g/mol. The molecule has 4 rings (SSSR count). The molecule has 1 heterocycles. The van der Waals surface area contributed by atoms with Gasteiger partial charge in [0.1, 0.15) is 0 Å². The van der Waals surface area contributed by atoms with E-state index in [4.69, 9.17) is 0 Å². The first-order chi connectivity index (χ1) is 13.2. The Kier molecular flexibility index (Phi) is 5.10. The summed E-state index contributed by atoms with van der Waals surface area (Å²) in [5.74, 6) is 0.114. The van der Waals surface area contributed by atoms with Crippen molar-refractivity contribution in [2.24, 2.45) is 0 Å². The molecule has 138 valence electrons. The highest BCUT2D eigenvalue weighted by Crippen LogP contribution is 2.35. The Morgan fingerprint density at radius 3 is 2.70 bits per heavy atom. The van der Waals surface area contributed by atoms with Crippen molar-refractivity contribution in [3.8, 4) is 0 Å². The lowest BCUT2D eigenvalue weighted by molar-refractivity contribution is 0.101. The number of carbonyl (C=O) groups excluding carboxylic acids is 1. The largest absolute Gasteiger partial charge is 0.388 e. The molecule has 0 radical (unpaired) electrons. The van der Waals surface area contributed by atoms with Gasteiger partial charge in [-0.25, -0.2) is 0 Å². The lowest BCUT2D eigenvalue weighted by Crippen LogP contribution is -2.20. The van der Waals surface area contributed by atoms with E-state index < -0.39 is 0 Å². The zero-order valence-corrected chi connectivity index (χ0v) is 15.8. The number of nitrogens with one attached hydrogen (secondary N) is 2. The van der Waals surface area contributed by atoms with Gasteiger partial charge in [-0.1, -0.05) is 30.3 Å². The normalized spacial score (nSPS) is 14.6. The molecule has 1 aliphatic carbocycles. The SMILES string of the molecule is CC(=O)c1ccc2[nH]cc(C3=C(NCCc4ccccc4)CCCC3)c2c1. The molecule has 0 saturated heterocycles. The van der Waals surface area contributed by atoms with E-state index in [9.17, 15) is 4.79 Å². The number of H-pyrrole nitrogens is 1. The molecule has 27 heavy (non-hydrogen) atoms. The number of ketones is 1. The average Bonchev–Trinajstić information content (AvgIpc) is 3.12. The topological polar surface area (TPSA) is 44.9 Å². The molecule has 1 aromatic heterocycles. The maximum absolute atomic E-state index is 11.8. The number of aromatic nitrogens is 1. The summed E-state index contributed by atoms with van der Waals surface area (Å²) in [6.45, 7) is 2.58. The maximum Gasteiger partial charge on any atom is 0.159 e. The highest BCUT2D eigenvalue weighted by atomic mass is 16.1. The van der Waals surface area contributed by atoms with Crippen LogP contribution in [0.2, 0.25) is 0 Å². The molecule has 0 atom stereocenters. The molecule has 3 nitrogen and oxygen atoms in total. The number of hydrogen-bond acceptors (Lipinski definition) is 2. The van der Waals surface area contributed by atoms with Crippen molar-refractivity contribution in [1.29, 1.82) is 0 Å². The average molecular weight is 358 g/mol. The third-order valence-electron chi connectivity index (χ3n) is 5.48. The Hall–Kier alpha value is -2.81. The third-order valence-corrected chi connectivity index (χ3v) is 5.48. The summed E-state index contributed by atoms with van der Waals surface area (Å²) in [6, 6.07) is 16.6. The van der Waals surface area contributed by atoms with E-state index in [0.29, 0.717) is 0 Å². The molecule has 0 fully saturated rings. The van der Waals surface area contributed by atoms with E-state index in [1.807, 2.05) is 18.2 Å². The number of Topliss-reactive ketones (excluding diaryl/α,β-unsaturated/α-hetero) is 1. The molecule has 2 N–H and O–H groups in total. The second kappa shape index (κ2) is 7.83. The smallest absolute Gasteiger partial charge is 0.159 e. The number of rotatable bonds is 6. The third kappa shape index (κ3) is 3.82. The molecule has 0 bridgehead atoms. The van der Waals surface area contributed by atoms with Crippen LogP contribution < -0.4 is 5.32 Å². The van der Waals surface area contributed by atoms with Crippen LogP contribution in [0, 0.1) is 0 Å². The van der Waals surface area contributed by atoms with Gasteiger partial charge >= 0.3 is 0 Å². The van der Waals surface area contributed by atoms with Gasteiger partial charge in [0.25, 0.3) is 0 Å². The zero-order valence-electron chi connectivity index (χ0n) is 15.8. The summed E-state index contributed by atoms with van der Waals surface area (Å²) in [4.78, 5) is 15.2. The molecule has 1 aliphatic rings. The molecule has 0 unspecified atom stereocenters. The molecule has 3 aromatic rings. The van der Waals surface area contributed by atoms with Crippen LogP contribution in [-0.4, -0.2) is 17.3 Å². The van der Waals surface area contributed by atoms with Gasteiger partial charge in [0.2, 0.25) is 0 Å². The van der Waals surface area contributed by atoms with E-state index in [1.54, 1.807) is 6.92 Å². The molecule has 3 heteroatoms. The van der Waals surface area contributed by atoms with E-state index in [0.717, 1.165) is 42.3 Å². The molecule has 0 saturated carbocycles. The van der Waals surface area contributed by atoms with E-state index >= 15 is 0 Å². The van der Waals surface area contributed by atoms with Crippen LogP contribution in [0.15, 0.2) is 60.4 Å². The summed E-state index contributed by atoms with van der Waals surface area (Å²) in [5, 5.41) is 4.86. The van der Waals surface area contributed by atoms with Gasteiger partial charge in [-0.2, -0.15) is 0 Å². The maximum atomic E-state index is 11.8. The zero-order chi connectivity index (χ0) is 18.6. The number of hydrogen-bond donors (Lipinski definition) is 2. The number of benzene rings is 2. The summed E-state index contributed by atoms with van der Waals surface area (Å²) in [5.41, 5.74) is 7.25. The van der Waals surface area contributed by atoms with Crippen molar-refractivity contribution in [3.05, 3.63) is 77.1 Å². The first-order valence-electron chi connectivity index (χ1n) is 9.84. The Balaban J connectivity index is 1.62. The lowest BCUT2D eigenvalue weighted by atomic mass is 9.90. The summed E-state index contributed by atoms with van der Waals surface area (Å²) >= 11 is 0. The van der Waals surface area contributed by atoms with Gasteiger partial charge < -0.3 is 10.3 Å².